The van der Waals surface area contributed by atoms with E-state index in [0.717, 1.165) is 11.1 Å². The van der Waals surface area contributed by atoms with Crippen LogP contribution in [0.5, 0.6) is 11.5 Å². The molecule has 2 amide bonds. The van der Waals surface area contributed by atoms with Gasteiger partial charge in [-0.05, 0) is 17.7 Å². The predicted octanol–water partition coefficient (Wildman–Crippen LogP) is 4.66. The van der Waals surface area contributed by atoms with E-state index in [1.807, 2.05) is 60.7 Å². The molecule has 0 aliphatic carbocycles. The smallest absolute Gasteiger partial charge is 0.320 e. The summed E-state index contributed by atoms with van der Waals surface area (Å²) < 4.78 is 16.4. The van der Waals surface area contributed by atoms with Crippen LogP contribution in [0.4, 0.5) is 10.5 Å². The number of amides is 2. The van der Waals surface area contributed by atoms with Gasteiger partial charge in [-0.15, -0.1) is 10.2 Å². The van der Waals surface area contributed by atoms with Gasteiger partial charge in [-0.1, -0.05) is 48.5 Å². The molecule has 0 saturated carbocycles. The first-order valence-corrected chi connectivity index (χ1v) is 9.90. The Labute approximate surface area is 185 Å². The summed E-state index contributed by atoms with van der Waals surface area (Å²) in [6, 6.07) is 22.9. The molecule has 0 spiro atoms. The number of methoxy groups -OCH3 is 2. The number of nitrogens with one attached hydrogen (secondary N) is 2. The summed E-state index contributed by atoms with van der Waals surface area (Å²) in [6.45, 7) is 0. The maximum absolute atomic E-state index is 12.9. The average Bonchev–Trinajstić information content (AvgIpc) is 3.33. The van der Waals surface area contributed by atoms with Crippen LogP contribution in [0.15, 0.2) is 83.3 Å². The van der Waals surface area contributed by atoms with E-state index >= 15 is 0 Å². The van der Waals surface area contributed by atoms with Crippen LogP contribution in [0.3, 0.4) is 0 Å². The van der Waals surface area contributed by atoms with Crippen LogP contribution in [-0.2, 0) is 0 Å². The van der Waals surface area contributed by atoms with Crippen LogP contribution < -0.4 is 20.1 Å². The normalized spacial score (nSPS) is 11.4. The molecule has 4 aromatic rings. The lowest BCUT2D eigenvalue weighted by molar-refractivity contribution is 0.248. The van der Waals surface area contributed by atoms with E-state index in [4.69, 9.17) is 13.9 Å². The van der Waals surface area contributed by atoms with Gasteiger partial charge in [0.05, 0.1) is 14.2 Å². The van der Waals surface area contributed by atoms with Crippen LogP contribution in [0.2, 0.25) is 0 Å². The van der Waals surface area contributed by atoms with Crippen molar-refractivity contribution in [2.75, 3.05) is 19.5 Å². The van der Waals surface area contributed by atoms with Crippen LogP contribution in [-0.4, -0.2) is 30.4 Å². The van der Waals surface area contributed by atoms with Gasteiger partial charge < -0.3 is 24.5 Å². The minimum absolute atomic E-state index is 0.272. The highest BCUT2D eigenvalue weighted by atomic mass is 16.5. The van der Waals surface area contributed by atoms with E-state index in [9.17, 15) is 4.79 Å². The first kappa shape index (κ1) is 20.9. The Bertz CT molecular complexity index is 1160. The monoisotopic (exact) mass is 430 g/mol. The first-order chi connectivity index (χ1) is 15.7. The predicted molar refractivity (Wildman–Crippen MR) is 120 cm³/mol. The fraction of sp³-hybridized carbons (Fsp3) is 0.125. The summed E-state index contributed by atoms with van der Waals surface area (Å²) >= 11 is 0. The molecule has 0 bridgehead atoms. The van der Waals surface area contributed by atoms with Crippen LogP contribution in [0.25, 0.3) is 11.5 Å². The van der Waals surface area contributed by atoms with Crippen molar-refractivity contribution in [1.29, 1.82) is 0 Å². The lowest BCUT2D eigenvalue weighted by Gasteiger charge is -2.17. The molecule has 8 heteroatoms. The second-order valence-electron chi connectivity index (χ2n) is 6.85. The van der Waals surface area contributed by atoms with Crippen molar-refractivity contribution in [3.63, 3.8) is 0 Å². The third-order valence-corrected chi connectivity index (χ3v) is 4.73. The highest BCUT2D eigenvalue weighted by molar-refractivity contribution is 5.90. The summed E-state index contributed by atoms with van der Waals surface area (Å²) in [7, 11) is 3.09. The zero-order chi connectivity index (χ0) is 22.3. The summed E-state index contributed by atoms with van der Waals surface area (Å²) in [4.78, 5) is 12.9. The number of ether oxygens (including phenoxy) is 2. The number of anilines is 1. The molecule has 1 heterocycles. The van der Waals surface area contributed by atoms with Crippen LogP contribution >= 0.6 is 0 Å². The summed E-state index contributed by atoms with van der Waals surface area (Å²) in [5, 5.41) is 14.0. The van der Waals surface area contributed by atoms with Crippen molar-refractivity contribution in [3.8, 4) is 23.0 Å². The molecule has 4 rings (SSSR count). The number of nitrogens with zero attached hydrogens (tertiary/aromatic N) is 2. The average molecular weight is 430 g/mol. The Balaban J connectivity index is 1.59. The van der Waals surface area contributed by atoms with Gasteiger partial charge in [0.2, 0.25) is 11.8 Å². The quantitative estimate of drug-likeness (QED) is 0.442. The van der Waals surface area contributed by atoms with E-state index < -0.39 is 12.1 Å². The van der Waals surface area contributed by atoms with E-state index in [1.165, 1.54) is 0 Å². The molecule has 1 aromatic heterocycles. The summed E-state index contributed by atoms with van der Waals surface area (Å²) in [6.07, 6.45) is 0. The third kappa shape index (κ3) is 4.86. The molecule has 162 valence electrons. The number of rotatable bonds is 7. The third-order valence-electron chi connectivity index (χ3n) is 4.73. The molecular formula is C24H22N4O4. The SMILES string of the molecule is COc1cc(NC(=O)NC(c2ccccc2)c2nnc(-c3ccccc3)o2)cc(OC)c1. The molecule has 0 aliphatic heterocycles. The van der Waals surface area contributed by atoms with Crippen LogP contribution in [0, 0.1) is 0 Å². The fourth-order valence-electron chi connectivity index (χ4n) is 3.16. The van der Waals surface area contributed by atoms with Crippen molar-refractivity contribution in [2.45, 2.75) is 6.04 Å². The zero-order valence-electron chi connectivity index (χ0n) is 17.6. The Morgan fingerprint density at radius 2 is 1.50 bits per heavy atom. The molecule has 0 aliphatic rings. The van der Waals surface area contributed by atoms with E-state index in [1.54, 1.807) is 32.4 Å². The molecule has 1 atom stereocenters. The van der Waals surface area contributed by atoms with Gasteiger partial charge in [-0.3, -0.25) is 0 Å². The first-order valence-electron chi connectivity index (χ1n) is 9.90. The number of hydrogen-bond acceptors (Lipinski definition) is 6. The van der Waals surface area contributed by atoms with Gasteiger partial charge in [0.1, 0.15) is 17.5 Å². The number of aromatic nitrogens is 2. The molecule has 0 radical (unpaired) electrons. The number of carbonyl (C=O) groups excluding carboxylic acids is 1. The minimum Gasteiger partial charge on any atom is -0.497 e. The van der Waals surface area contributed by atoms with Crippen molar-refractivity contribution < 1.29 is 18.7 Å². The molecule has 1 unspecified atom stereocenters. The Morgan fingerprint density at radius 3 is 2.12 bits per heavy atom. The van der Waals surface area contributed by atoms with Crippen LogP contribution in [0.1, 0.15) is 17.5 Å². The van der Waals surface area contributed by atoms with Gasteiger partial charge in [0.15, 0.2) is 0 Å². The van der Waals surface area contributed by atoms with Crippen molar-refractivity contribution in [1.82, 2.24) is 15.5 Å². The summed E-state index contributed by atoms with van der Waals surface area (Å²) in [5.74, 6) is 1.77. The molecular weight excluding hydrogens is 408 g/mol. The van der Waals surface area contributed by atoms with Crippen molar-refractivity contribution in [2.24, 2.45) is 0 Å². The number of hydrogen-bond donors (Lipinski definition) is 2. The number of carbonyl (C=O) groups is 1. The van der Waals surface area contributed by atoms with Gasteiger partial charge in [0, 0.05) is 29.4 Å². The maximum atomic E-state index is 12.9. The lowest BCUT2D eigenvalue weighted by atomic mass is 10.1. The number of urea groups is 1. The molecule has 3 aromatic carbocycles. The van der Waals surface area contributed by atoms with Gasteiger partial charge in [-0.25, -0.2) is 4.79 Å². The largest absolute Gasteiger partial charge is 0.497 e. The van der Waals surface area contributed by atoms with E-state index in [-0.39, 0.29) is 5.89 Å². The topological polar surface area (TPSA) is 98.5 Å². The molecule has 0 fully saturated rings. The molecule has 0 saturated heterocycles. The minimum atomic E-state index is -0.645. The Morgan fingerprint density at radius 1 is 0.875 bits per heavy atom. The second-order valence-corrected chi connectivity index (χ2v) is 6.85. The molecule has 32 heavy (non-hydrogen) atoms. The second kappa shape index (κ2) is 9.65. The lowest BCUT2D eigenvalue weighted by Crippen LogP contribution is -2.33. The molecule has 2 N–H and O–H groups in total. The number of benzene rings is 3. The highest BCUT2D eigenvalue weighted by Gasteiger charge is 2.23. The fourth-order valence-corrected chi connectivity index (χ4v) is 3.16. The van der Waals surface area contributed by atoms with Crippen molar-refractivity contribution in [3.05, 3.63) is 90.3 Å². The Hall–Kier alpha value is -4.33. The highest BCUT2D eigenvalue weighted by Crippen LogP contribution is 2.27. The Kier molecular flexibility index (Phi) is 6.31. The standard InChI is InChI=1S/C24H22N4O4/c1-30-19-13-18(14-20(15-19)31-2)25-24(29)26-21(16-9-5-3-6-10-16)23-28-27-22(32-23)17-11-7-4-8-12-17/h3-15,21H,1-2H3,(H2,25,26,29). The maximum Gasteiger partial charge on any atom is 0.320 e. The van der Waals surface area contributed by atoms with Gasteiger partial charge in [0.25, 0.3) is 0 Å². The van der Waals surface area contributed by atoms with E-state index in [0.29, 0.717) is 23.1 Å². The molecule has 8 nitrogen and oxygen atoms in total. The summed E-state index contributed by atoms with van der Waals surface area (Å²) in [5.41, 5.74) is 2.11. The van der Waals surface area contributed by atoms with Gasteiger partial charge in [-0.2, -0.15) is 0 Å². The van der Waals surface area contributed by atoms with Crippen molar-refractivity contribution >= 4 is 11.7 Å². The van der Waals surface area contributed by atoms with E-state index in [2.05, 4.69) is 20.8 Å². The zero-order valence-corrected chi connectivity index (χ0v) is 17.6. The van der Waals surface area contributed by atoms with Gasteiger partial charge >= 0.3 is 6.03 Å².